The van der Waals surface area contributed by atoms with Gasteiger partial charge in [0.15, 0.2) is 0 Å². The highest BCUT2D eigenvalue weighted by Gasteiger charge is 2.19. The SMILES string of the molecule is O=C(Cn1cnc2scc(-c3ccccc3)c2c1=O)NC(=O)NC1CCCC1. The molecule has 1 saturated carbocycles. The molecule has 1 fully saturated rings. The van der Waals surface area contributed by atoms with Gasteiger partial charge in [0.2, 0.25) is 5.91 Å². The van der Waals surface area contributed by atoms with Crippen LogP contribution in [0.15, 0.2) is 46.8 Å². The molecule has 2 N–H and O–H groups in total. The lowest BCUT2D eigenvalue weighted by molar-refractivity contribution is -0.120. The molecule has 0 aliphatic heterocycles. The Labute approximate surface area is 165 Å². The van der Waals surface area contributed by atoms with Crippen LogP contribution in [0.4, 0.5) is 4.79 Å². The minimum atomic E-state index is -0.546. The Kier molecular flexibility index (Phi) is 5.21. The van der Waals surface area contributed by atoms with Crippen molar-refractivity contribution in [2.75, 3.05) is 0 Å². The Balaban J connectivity index is 1.52. The molecule has 3 amide bonds. The normalized spacial score (nSPS) is 14.3. The quantitative estimate of drug-likeness (QED) is 0.709. The van der Waals surface area contributed by atoms with Crippen molar-refractivity contribution in [3.05, 3.63) is 52.4 Å². The summed E-state index contributed by atoms with van der Waals surface area (Å²) in [6, 6.07) is 9.19. The van der Waals surface area contributed by atoms with Crippen molar-refractivity contribution < 1.29 is 9.59 Å². The average molecular weight is 396 g/mol. The molecule has 8 heteroatoms. The molecule has 1 aliphatic rings. The fraction of sp³-hybridized carbons (Fsp3) is 0.300. The summed E-state index contributed by atoms with van der Waals surface area (Å²) in [6.07, 6.45) is 5.39. The van der Waals surface area contributed by atoms with Crippen LogP contribution in [0.25, 0.3) is 21.3 Å². The van der Waals surface area contributed by atoms with Gasteiger partial charge in [0.1, 0.15) is 11.4 Å². The van der Waals surface area contributed by atoms with E-state index in [2.05, 4.69) is 15.6 Å². The average Bonchev–Trinajstić information content (AvgIpc) is 3.34. The van der Waals surface area contributed by atoms with Crippen LogP contribution in [0.3, 0.4) is 0 Å². The van der Waals surface area contributed by atoms with Gasteiger partial charge in [0.25, 0.3) is 5.56 Å². The minimum Gasteiger partial charge on any atom is -0.335 e. The summed E-state index contributed by atoms with van der Waals surface area (Å²) in [7, 11) is 0. The first-order valence-electron chi connectivity index (χ1n) is 9.24. The van der Waals surface area contributed by atoms with Crippen LogP contribution < -0.4 is 16.2 Å². The molecule has 0 atom stereocenters. The van der Waals surface area contributed by atoms with Gasteiger partial charge >= 0.3 is 6.03 Å². The van der Waals surface area contributed by atoms with Gasteiger partial charge in [-0.05, 0) is 18.4 Å². The molecular formula is C20H20N4O3S. The highest BCUT2D eigenvalue weighted by molar-refractivity contribution is 7.17. The number of aromatic nitrogens is 2. The molecule has 4 rings (SSSR count). The molecule has 28 heavy (non-hydrogen) atoms. The molecule has 0 spiro atoms. The lowest BCUT2D eigenvalue weighted by Crippen LogP contribution is -2.45. The van der Waals surface area contributed by atoms with Crippen molar-refractivity contribution in [2.24, 2.45) is 0 Å². The van der Waals surface area contributed by atoms with Crippen molar-refractivity contribution in [2.45, 2.75) is 38.3 Å². The molecule has 2 heterocycles. The van der Waals surface area contributed by atoms with E-state index in [0.717, 1.165) is 36.8 Å². The van der Waals surface area contributed by atoms with Crippen molar-refractivity contribution in [3.8, 4) is 11.1 Å². The van der Waals surface area contributed by atoms with Crippen LogP contribution in [-0.2, 0) is 11.3 Å². The van der Waals surface area contributed by atoms with E-state index in [4.69, 9.17) is 0 Å². The Morgan fingerprint density at radius 1 is 1.18 bits per heavy atom. The maximum absolute atomic E-state index is 12.9. The van der Waals surface area contributed by atoms with Gasteiger partial charge < -0.3 is 5.32 Å². The smallest absolute Gasteiger partial charge is 0.321 e. The standard InChI is InChI=1S/C20H20N4O3S/c25-16(23-20(27)22-14-8-4-5-9-14)10-24-12-21-18-17(19(24)26)15(11-28-18)13-6-2-1-3-7-13/h1-3,6-7,11-12,14H,4-5,8-10H2,(H2,22,23,25,27). The molecule has 0 unspecified atom stereocenters. The van der Waals surface area contributed by atoms with Crippen LogP contribution in [0.2, 0.25) is 0 Å². The first-order valence-corrected chi connectivity index (χ1v) is 10.1. The van der Waals surface area contributed by atoms with Crippen molar-refractivity contribution in [1.29, 1.82) is 0 Å². The van der Waals surface area contributed by atoms with Gasteiger partial charge in [0, 0.05) is 17.0 Å². The van der Waals surface area contributed by atoms with E-state index in [1.807, 2.05) is 35.7 Å². The first kappa shape index (κ1) is 18.4. The maximum atomic E-state index is 12.9. The number of nitrogens with one attached hydrogen (secondary N) is 2. The van der Waals surface area contributed by atoms with E-state index in [-0.39, 0.29) is 18.1 Å². The lowest BCUT2D eigenvalue weighted by Gasteiger charge is -2.12. The summed E-state index contributed by atoms with van der Waals surface area (Å²) >= 11 is 1.39. The van der Waals surface area contributed by atoms with Gasteiger partial charge in [-0.3, -0.25) is 19.5 Å². The number of thiophene rings is 1. The Morgan fingerprint density at radius 3 is 2.68 bits per heavy atom. The van der Waals surface area contributed by atoms with Gasteiger partial charge in [-0.1, -0.05) is 43.2 Å². The number of carbonyl (C=O) groups excluding carboxylic acids is 2. The topological polar surface area (TPSA) is 93.1 Å². The van der Waals surface area contributed by atoms with Gasteiger partial charge in [0.05, 0.1) is 11.7 Å². The van der Waals surface area contributed by atoms with E-state index >= 15 is 0 Å². The third-order valence-corrected chi connectivity index (χ3v) is 5.79. The monoisotopic (exact) mass is 396 g/mol. The molecule has 7 nitrogen and oxygen atoms in total. The molecule has 1 aromatic carbocycles. The van der Waals surface area contributed by atoms with Crippen LogP contribution in [-0.4, -0.2) is 27.5 Å². The molecule has 3 aromatic rings. The molecule has 144 valence electrons. The third-order valence-electron chi connectivity index (χ3n) is 4.90. The zero-order valence-corrected chi connectivity index (χ0v) is 16.0. The zero-order chi connectivity index (χ0) is 19.5. The molecule has 1 aliphatic carbocycles. The van der Waals surface area contributed by atoms with E-state index in [0.29, 0.717) is 10.2 Å². The lowest BCUT2D eigenvalue weighted by atomic mass is 10.1. The van der Waals surface area contributed by atoms with E-state index in [9.17, 15) is 14.4 Å². The third kappa shape index (κ3) is 3.82. The number of rotatable bonds is 4. The van der Waals surface area contributed by atoms with Gasteiger partial charge in [-0.25, -0.2) is 9.78 Å². The number of urea groups is 1. The van der Waals surface area contributed by atoms with Crippen molar-refractivity contribution in [3.63, 3.8) is 0 Å². The fourth-order valence-electron chi connectivity index (χ4n) is 3.52. The minimum absolute atomic E-state index is 0.118. The summed E-state index contributed by atoms with van der Waals surface area (Å²) < 4.78 is 1.24. The maximum Gasteiger partial charge on any atom is 0.321 e. The van der Waals surface area contributed by atoms with Crippen LogP contribution in [0, 0.1) is 0 Å². The largest absolute Gasteiger partial charge is 0.335 e. The number of carbonyl (C=O) groups is 2. The second kappa shape index (κ2) is 7.93. The van der Waals surface area contributed by atoms with Crippen LogP contribution in [0.5, 0.6) is 0 Å². The number of hydrogen-bond acceptors (Lipinski definition) is 5. The van der Waals surface area contributed by atoms with Crippen LogP contribution >= 0.6 is 11.3 Å². The zero-order valence-electron chi connectivity index (χ0n) is 15.2. The first-order chi connectivity index (χ1) is 13.6. The predicted molar refractivity (Wildman–Crippen MR) is 108 cm³/mol. The second-order valence-electron chi connectivity index (χ2n) is 6.88. The van der Waals surface area contributed by atoms with E-state index in [1.54, 1.807) is 0 Å². The predicted octanol–water partition coefficient (Wildman–Crippen LogP) is 2.89. The summed E-state index contributed by atoms with van der Waals surface area (Å²) in [6.45, 7) is -0.260. The number of amides is 3. The van der Waals surface area contributed by atoms with Gasteiger partial charge in [-0.15, -0.1) is 11.3 Å². The Bertz CT molecular complexity index is 1070. The number of fused-ring (bicyclic) bond motifs is 1. The molecule has 0 radical (unpaired) electrons. The Hall–Kier alpha value is -3.00. The summed E-state index contributed by atoms with van der Waals surface area (Å²) in [4.78, 5) is 42.0. The number of benzene rings is 1. The number of imide groups is 1. The number of nitrogens with zero attached hydrogens (tertiary/aromatic N) is 2. The number of hydrogen-bond donors (Lipinski definition) is 2. The fourth-order valence-corrected chi connectivity index (χ4v) is 4.43. The van der Waals surface area contributed by atoms with Crippen molar-refractivity contribution >= 4 is 33.5 Å². The summed E-state index contributed by atoms with van der Waals surface area (Å²) in [5.41, 5.74) is 1.43. The second-order valence-corrected chi connectivity index (χ2v) is 7.73. The molecule has 0 saturated heterocycles. The highest BCUT2D eigenvalue weighted by atomic mass is 32.1. The van der Waals surface area contributed by atoms with Crippen molar-refractivity contribution in [1.82, 2.24) is 20.2 Å². The Morgan fingerprint density at radius 2 is 1.93 bits per heavy atom. The van der Waals surface area contributed by atoms with E-state index < -0.39 is 11.9 Å². The van der Waals surface area contributed by atoms with Gasteiger partial charge in [-0.2, -0.15) is 0 Å². The summed E-state index contributed by atoms with van der Waals surface area (Å²) in [5, 5.41) is 7.48. The van der Waals surface area contributed by atoms with E-state index in [1.165, 1.54) is 22.2 Å². The highest BCUT2D eigenvalue weighted by Crippen LogP contribution is 2.30. The molecular weight excluding hydrogens is 376 g/mol. The molecule has 2 aromatic heterocycles. The van der Waals surface area contributed by atoms with Crippen LogP contribution in [0.1, 0.15) is 25.7 Å². The molecule has 0 bridgehead atoms. The summed E-state index contributed by atoms with van der Waals surface area (Å²) in [5.74, 6) is -0.546.